The summed E-state index contributed by atoms with van der Waals surface area (Å²) in [7, 11) is 2.01. The maximum Gasteiger partial charge on any atom is 0.231 e. The molecule has 0 radical (unpaired) electrons. The lowest BCUT2D eigenvalue weighted by atomic mass is 9.97. The van der Waals surface area contributed by atoms with Crippen molar-refractivity contribution in [2.75, 3.05) is 22.9 Å². The summed E-state index contributed by atoms with van der Waals surface area (Å²) >= 11 is 0. The molecule has 0 N–H and O–H groups in total. The highest BCUT2D eigenvalue weighted by atomic mass is 16.5. The summed E-state index contributed by atoms with van der Waals surface area (Å²) in [6.45, 7) is 3.75. The summed E-state index contributed by atoms with van der Waals surface area (Å²) in [5.74, 6) is 1.90. The van der Waals surface area contributed by atoms with Crippen molar-refractivity contribution in [2.24, 2.45) is 7.05 Å². The van der Waals surface area contributed by atoms with E-state index >= 15 is 0 Å². The van der Waals surface area contributed by atoms with Gasteiger partial charge in [0.25, 0.3) is 0 Å². The van der Waals surface area contributed by atoms with Crippen LogP contribution in [0, 0.1) is 0 Å². The summed E-state index contributed by atoms with van der Waals surface area (Å²) in [6, 6.07) is 6.32. The minimum absolute atomic E-state index is 0.225. The molecule has 7 nitrogen and oxygen atoms in total. The third kappa shape index (κ3) is 2.60. The molecule has 2 aromatic rings. The molecule has 1 amide bonds. The van der Waals surface area contributed by atoms with Gasteiger partial charge >= 0.3 is 0 Å². The molecule has 3 aliphatic rings. The zero-order valence-corrected chi connectivity index (χ0v) is 16.4. The Labute approximate surface area is 164 Å². The van der Waals surface area contributed by atoms with Gasteiger partial charge in [-0.3, -0.25) is 9.36 Å². The van der Waals surface area contributed by atoms with Crippen molar-refractivity contribution in [2.45, 2.75) is 44.6 Å². The molecule has 1 unspecified atom stereocenters. The van der Waals surface area contributed by atoms with Crippen LogP contribution < -0.4 is 9.80 Å². The molecule has 5 rings (SSSR count). The molecule has 1 saturated heterocycles. The normalized spacial score (nSPS) is 24.0. The molecule has 0 saturated carbocycles. The summed E-state index contributed by atoms with van der Waals surface area (Å²) in [4.78, 5) is 16.2. The minimum Gasteiger partial charge on any atom is -0.487 e. The molecular weight excluding hydrogens is 354 g/mol. The number of anilines is 3. The zero-order chi connectivity index (χ0) is 19.3. The molecular formula is C21H25N5O2. The van der Waals surface area contributed by atoms with Gasteiger partial charge in [0.2, 0.25) is 11.9 Å². The minimum atomic E-state index is -0.447. The average Bonchev–Trinajstić information content (AvgIpc) is 3.40. The number of allylic oxidation sites excluding steroid dienone is 1. The largest absolute Gasteiger partial charge is 0.487 e. The number of benzene rings is 1. The van der Waals surface area contributed by atoms with E-state index < -0.39 is 5.60 Å². The van der Waals surface area contributed by atoms with E-state index in [1.54, 1.807) is 6.26 Å². The monoisotopic (exact) mass is 379 g/mol. The molecule has 1 fully saturated rings. The number of carbonyl (C=O) groups is 1. The van der Waals surface area contributed by atoms with Gasteiger partial charge in [-0.05, 0) is 62.4 Å². The maximum absolute atomic E-state index is 12.1. The second-order valence-corrected chi connectivity index (χ2v) is 8.01. The van der Waals surface area contributed by atoms with Crippen LogP contribution in [0.4, 0.5) is 17.3 Å². The van der Waals surface area contributed by atoms with Crippen LogP contribution in [0.5, 0.6) is 0 Å². The fourth-order valence-electron chi connectivity index (χ4n) is 4.55. The van der Waals surface area contributed by atoms with Gasteiger partial charge in [0.05, 0.1) is 6.26 Å². The molecule has 1 aromatic carbocycles. The first-order valence-corrected chi connectivity index (χ1v) is 10.0. The standard InChI is InChI=1S/C21H25N5O2/c1-21(10-3-4-13-28-21)19-22-23-20(24(19)2)26-12-9-15-14-16(7-8-17(15)26)25-11-5-6-18(25)27/h4,7-8,13-14H,3,5-6,9-12H2,1-2H3. The van der Waals surface area contributed by atoms with Gasteiger partial charge in [-0.2, -0.15) is 0 Å². The number of nitrogens with zero attached hydrogens (tertiary/aromatic N) is 5. The lowest BCUT2D eigenvalue weighted by Gasteiger charge is -2.30. The van der Waals surface area contributed by atoms with Crippen molar-refractivity contribution in [3.05, 3.63) is 41.9 Å². The molecule has 0 aliphatic carbocycles. The van der Waals surface area contributed by atoms with Gasteiger partial charge in [-0.15, -0.1) is 10.2 Å². The summed E-state index contributed by atoms with van der Waals surface area (Å²) in [6.07, 6.45) is 8.20. The molecule has 0 bridgehead atoms. The fourth-order valence-corrected chi connectivity index (χ4v) is 4.55. The van der Waals surface area contributed by atoms with Crippen molar-refractivity contribution in [1.82, 2.24) is 14.8 Å². The van der Waals surface area contributed by atoms with Crippen LogP contribution in [-0.4, -0.2) is 33.8 Å². The average molecular weight is 379 g/mol. The lowest BCUT2D eigenvalue weighted by Crippen LogP contribution is -2.30. The molecule has 3 aliphatic heterocycles. The van der Waals surface area contributed by atoms with Gasteiger partial charge in [0, 0.05) is 37.9 Å². The number of hydrogen-bond donors (Lipinski definition) is 0. The van der Waals surface area contributed by atoms with Crippen molar-refractivity contribution in [1.29, 1.82) is 0 Å². The van der Waals surface area contributed by atoms with Crippen LogP contribution in [0.15, 0.2) is 30.5 Å². The van der Waals surface area contributed by atoms with E-state index in [-0.39, 0.29) is 5.91 Å². The van der Waals surface area contributed by atoms with Gasteiger partial charge in [-0.25, -0.2) is 0 Å². The van der Waals surface area contributed by atoms with Gasteiger partial charge < -0.3 is 14.5 Å². The quantitative estimate of drug-likeness (QED) is 0.820. The number of fused-ring (bicyclic) bond motifs is 1. The smallest absolute Gasteiger partial charge is 0.231 e. The number of rotatable bonds is 3. The van der Waals surface area contributed by atoms with Crippen molar-refractivity contribution >= 4 is 23.2 Å². The third-order valence-corrected chi connectivity index (χ3v) is 6.12. The van der Waals surface area contributed by atoms with Crippen molar-refractivity contribution in [3.63, 3.8) is 0 Å². The summed E-state index contributed by atoms with van der Waals surface area (Å²) < 4.78 is 7.95. The number of aromatic nitrogens is 3. The van der Waals surface area contributed by atoms with Crippen LogP contribution in [0.1, 0.15) is 44.0 Å². The van der Waals surface area contributed by atoms with Gasteiger partial charge in [-0.1, -0.05) is 0 Å². The maximum atomic E-state index is 12.1. The Hall–Kier alpha value is -2.83. The van der Waals surface area contributed by atoms with Gasteiger partial charge in [0.15, 0.2) is 11.4 Å². The molecule has 146 valence electrons. The highest BCUT2D eigenvalue weighted by molar-refractivity contribution is 5.95. The van der Waals surface area contributed by atoms with Crippen molar-refractivity contribution in [3.8, 4) is 0 Å². The Balaban J connectivity index is 1.45. The number of carbonyl (C=O) groups excluding carboxylic acids is 1. The molecule has 1 atom stereocenters. The molecule has 4 heterocycles. The first kappa shape index (κ1) is 17.3. The predicted molar refractivity (Wildman–Crippen MR) is 107 cm³/mol. The topological polar surface area (TPSA) is 63.5 Å². The Bertz CT molecular complexity index is 966. The fraction of sp³-hybridized carbons (Fsp3) is 0.476. The molecule has 7 heteroatoms. The Morgan fingerprint density at radius 2 is 2.04 bits per heavy atom. The Morgan fingerprint density at radius 1 is 1.14 bits per heavy atom. The SMILES string of the molecule is Cn1c(N2CCc3cc(N4CCCC4=O)ccc32)nnc1C1(C)CCC=CO1. The van der Waals surface area contributed by atoms with E-state index in [0.717, 1.165) is 61.9 Å². The van der Waals surface area contributed by atoms with Crippen LogP contribution in [0.3, 0.4) is 0 Å². The number of amides is 1. The van der Waals surface area contributed by atoms with E-state index in [0.29, 0.717) is 6.42 Å². The highest BCUT2D eigenvalue weighted by Crippen LogP contribution is 2.39. The van der Waals surface area contributed by atoms with Crippen LogP contribution in [-0.2, 0) is 28.6 Å². The Kier molecular flexibility index (Phi) is 3.92. The predicted octanol–water partition coefficient (Wildman–Crippen LogP) is 3.18. The van der Waals surface area contributed by atoms with Gasteiger partial charge in [0.1, 0.15) is 0 Å². The second kappa shape index (κ2) is 6.36. The van der Waals surface area contributed by atoms with E-state index in [1.165, 1.54) is 5.56 Å². The second-order valence-electron chi connectivity index (χ2n) is 8.01. The van der Waals surface area contributed by atoms with E-state index in [4.69, 9.17) is 4.74 Å². The molecule has 28 heavy (non-hydrogen) atoms. The third-order valence-electron chi connectivity index (χ3n) is 6.12. The summed E-state index contributed by atoms with van der Waals surface area (Å²) in [5.41, 5.74) is 2.96. The highest BCUT2D eigenvalue weighted by Gasteiger charge is 2.36. The van der Waals surface area contributed by atoms with E-state index in [9.17, 15) is 4.79 Å². The van der Waals surface area contributed by atoms with Crippen LogP contribution in [0.25, 0.3) is 0 Å². The van der Waals surface area contributed by atoms with E-state index in [1.807, 2.05) is 28.7 Å². The first-order valence-electron chi connectivity index (χ1n) is 10.0. The zero-order valence-electron chi connectivity index (χ0n) is 16.4. The Morgan fingerprint density at radius 3 is 2.79 bits per heavy atom. The molecule has 0 spiro atoms. The van der Waals surface area contributed by atoms with E-state index in [2.05, 4.69) is 34.2 Å². The summed E-state index contributed by atoms with van der Waals surface area (Å²) in [5, 5.41) is 8.98. The van der Waals surface area contributed by atoms with Crippen molar-refractivity contribution < 1.29 is 9.53 Å². The lowest BCUT2D eigenvalue weighted by molar-refractivity contribution is -0.117. The first-order chi connectivity index (χ1) is 13.6. The van der Waals surface area contributed by atoms with Crippen LogP contribution in [0.2, 0.25) is 0 Å². The van der Waals surface area contributed by atoms with Crippen LogP contribution >= 0.6 is 0 Å². The number of hydrogen-bond acceptors (Lipinski definition) is 5. The molecule has 1 aromatic heterocycles. The number of ether oxygens (including phenoxy) is 1.